The Balaban J connectivity index is 2.06. The van der Waals surface area contributed by atoms with Crippen LogP contribution in [0.15, 0.2) is 0 Å². The van der Waals surface area contributed by atoms with Gasteiger partial charge in [0.05, 0.1) is 5.92 Å². The third-order valence-electron chi connectivity index (χ3n) is 4.08. The maximum Gasteiger partial charge on any atom is 0.315 e. The minimum atomic E-state index is -0.752. The molecule has 116 valence electrons. The first kappa shape index (κ1) is 16.8. The Bertz CT molecular complexity index is 329. The van der Waals surface area contributed by atoms with E-state index in [1.807, 2.05) is 6.92 Å². The number of carbonyl (C=O) groups is 2. The van der Waals surface area contributed by atoms with Crippen LogP contribution in [0.4, 0.5) is 4.79 Å². The number of rotatable bonds is 9. The van der Waals surface area contributed by atoms with Gasteiger partial charge in [0, 0.05) is 12.6 Å². The molecule has 2 amide bonds. The molecule has 0 aliphatic heterocycles. The molecule has 1 aliphatic rings. The Hall–Kier alpha value is -1.26. The molecule has 5 nitrogen and oxygen atoms in total. The number of urea groups is 1. The zero-order valence-corrected chi connectivity index (χ0v) is 12.8. The summed E-state index contributed by atoms with van der Waals surface area (Å²) in [4.78, 5) is 22.4. The monoisotopic (exact) mass is 284 g/mol. The Morgan fingerprint density at radius 3 is 2.40 bits per heavy atom. The van der Waals surface area contributed by atoms with Gasteiger partial charge in [0.15, 0.2) is 0 Å². The number of carboxylic acid groups (broad SMARTS) is 1. The molecule has 0 aromatic heterocycles. The second-order valence-corrected chi connectivity index (χ2v) is 6.24. The summed E-state index contributed by atoms with van der Waals surface area (Å²) in [5, 5.41) is 14.6. The van der Waals surface area contributed by atoms with E-state index in [9.17, 15) is 9.59 Å². The lowest BCUT2D eigenvalue weighted by Gasteiger charge is -2.17. The number of hydrogen-bond donors (Lipinski definition) is 3. The van der Waals surface area contributed by atoms with Crippen LogP contribution in [-0.2, 0) is 4.79 Å². The molecule has 20 heavy (non-hydrogen) atoms. The van der Waals surface area contributed by atoms with Gasteiger partial charge in [0.1, 0.15) is 0 Å². The highest BCUT2D eigenvalue weighted by molar-refractivity contribution is 5.74. The van der Waals surface area contributed by atoms with Crippen LogP contribution in [0.2, 0.25) is 0 Å². The van der Waals surface area contributed by atoms with E-state index in [0.29, 0.717) is 12.3 Å². The lowest BCUT2D eigenvalue weighted by atomic mass is 10.0. The first-order valence-electron chi connectivity index (χ1n) is 7.67. The predicted octanol–water partition coefficient (Wildman–Crippen LogP) is 2.61. The summed E-state index contributed by atoms with van der Waals surface area (Å²) < 4.78 is 0. The summed E-state index contributed by atoms with van der Waals surface area (Å²) in [6.07, 6.45) is 4.86. The van der Waals surface area contributed by atoms with E-state index in [2.05, 4.69) is 17.6 Å². The van der Waals surface area contributed by atoms with Gasteiger partial charge in [-0.05, 0) is 44.4 Å². The average Bonchev–Trinajstić information content (AvgIpc) is 3.19. The summed E-state index contributed by atoms with van der Waals surface area (Å²) in [7, 11) is 0. The van der Waals surface area contributed by atoms with E-state index in [1.54, 1.807) is 6.92 Å². The van der Waals surface area contributed by atoms with Crippen molar-refractivity contribution in [2.75, 3.05) is 6.54 Å². The Morgan fingerprint density at radius 2 is 1.85 bits per heavy atom. The van der Waals surface area contributed by atoms with Gasteiger partial charge in [0.2, 0.25) is 0 Å². The molecule has 0 radical (unpaired) electrons. The number of carboxylic acids is 1. The molecule has 0 spiro atoms. The van der Waals surface area contributed by atoms with Gasteiger partial charge in [0.25, 0.3) is 0 Å². The molecule has 0 aromatic carbocycles. The van der Waals surface area contributed by atoms with Crippen molar-refractivity contribution < 1.29 is 14.7 Å². The summed E-state index contributed by atoms with van der Waals surface area (Å²) >= 11 is 0. The van der Waals surface area contributed by atoms with Crippen molar-refractivity contribution in [3.8, 4) is 0 Å². The fourth-order valence-corrected chi connectivity index (χ4v) is 2.29. The van der Waals surface area contributed by atoms with Crippen molar-refractivity contribution in [1.82, 2.24) is 10.6 Å². The Labute approximate surface area is 121 Å². The molecule has 0 heterocycles. The van der Waals surface area contributed by atoms with Crippen LogP contribution in [0.1, 0.15) is 52.9 Å². The predicted molar refractivity (Wildman–Crippen MR) is 78.5 cm³/mol. The number of amides is 2. The Kier molecular flexibility index (Phi) is 6.82. The normalized spacial score (nSPS) is 18.9. The second-order valence-electron chi connectivity index (χ2n) is 6.24. The quantitative estimate of drug-likeness (QED) is 0.609. The molecule has 0 aromatic rings. The van der Waals surface area contributed by atoms with Gasteiger partial charge < -0.3 is 15.7 Å². The van der Waals surface area contributed by atoms with Crippen LogP contribution in [0, 0.1) is 17.8 Å². The SMILES string of the molecule is CC(CCCC(C)C(=O)O)NC(=O)NCC(C)C1CC1. The zero-order chi connectivity index (χ0) is 15.1. The highest BCUT2D eigenvalue weighted by Crippen LogP contribution is 2.35. The molecule has 1 aliphatic carbocycles. The van der Waals surface area contributed by atoms with Gasteiger partial charge in [-0.3, -0.25) is 4.79 Å². The largest absolute Gasteiger partial charge is 0.481 e. The fourth-order valence-electron chi connectivity index (χ4n) is 2.29. The van der Waals surface area contributed by atoms with E-state index in [-0.39, 0.29) is 18.0 Å². The highest BCUT2D eigenvalue weighted by Gasteiger charge is 2.27. The first-order chi connectivity index (χ1) is 9.40. The zero-order valence-electron chi connectivity index (χ0n) is 12.8. The van der Waals surface area contributed by atoms with Gasteiger partial charge in [-0.15, -0.1) is 0 Å². The van der Waals surface area contributed by atoms with Gasteiger partial charge in [-0.1, -0.05) is 20.3 Å². The molecule has 1 fully saturated rings. The van der Waals surface area contributed by atoms with E-state index in [4.69, 9.17) is 5.11 Å². The second kappa shape index (κ2) is 8.12. The maximum absolute atomic E-state index is 11.7. The number of hydrogen-bond acceptors (Lipinski definition) is 2. The van der Waals surface area contributed by atoms with Crippen molar-refractivity contribution >= 4 is 12.0 Å². The molecule has 3 N–H and O–H groups in total. The average molecular weight is 284 g/mol. The molecule has 0 saturated heterocycles. The molecule has 0 bridgehead atoms. The summed E-state index contributed by atoms with van der Waals surface area (Å²) in [6, 6.07) is -0.0384. The molecule has 1 rings (SSSR count). The molecular weight excluding hydrogens is 256 g/mol. The molecule has 5 heteroatoms. The minimum Gasteiger partial charge on any atom is -0.481 e. The smallest absolute Gasteiger partial charge is 0.315 e. The van der Waals surface area contributed by atoms with E-state index >= 15 is 0 Å². The van der Waals surface area contributed by atoms with Crippen LogP contribution in [0.3, 0.4) is 0 Å². The number of nitrogens with one attached hydrogen (secondary N) is 2. The molecule has 3 atom stereocenters. The number of carbonyl (C=O) groups excluding carboxylic acids is 1. The van der Waals surface area contributed by atoms with Crippen LogP contribution in [0.5, 0.6) is 0 Å². The number of aliphatic carboxylic acids is 1. The Morgan fingerprint density at radius 1 is 1.20 bits per heavy atom. The van der Waals surface area contributed by atoms with Gasteiger partial charge >= 0.3 is 12.0 Å². The van der Waals surface area contributed by atoms with Crippen molar-refractivity contribution in [2.24, 2.45) is 17.8 Å². The molecule has 1 saturated carbocycles. The molecular formula is C15H28N2O3. The lowest BCUT2D eigenvalue weighted by molar-refractivity contribution is -0.141. The van der Waals surface area contributed by atoms with Crippen LogP contribution < -0.4 is 10.6 Å². The third kappa shape index (κ3) is 6.78. The van der Waals surface area contributed by atoms with E-state index in [0.717, 1.165) is 25.3 Å². The topological polar surface area (TPSA) is 78.4 Å². The van der Waals surface area contributed by atoms with Crippen molar-refractivity contribution in [1.29, 1.82) is 0 Å². The van der Waals surface area contributed by atoms with Crippen LogP contribution in [-0.4, -0.2) is 29.7 Å². The van der Waals surface area contributed by atoms with Gasteiger partial charge in [-0.2, -0.15) is 0 Å². The third-order valence-corrected chi connectivity index (χ3v) is 4.08. The summed E-state index contributed by atoms with van der Waals surface area (Å²) in [6.45, 7) is 6.58. The van der Waals surface area contributed by atoms with Crippen LogP contribution in [0.25, 0.3) is 0 Å². The minimum absolute atomic E-state index is 0.0761. The first-order valence-corrected chi connectivity index (χ1v) is 7.67. The highest BCUT2D eigenvalue weighted by atomic mass is 16.4. The van der Waals surface area contributed by atoms with Crippen molar-refractivity contribution in [3.63, 3.8) is 0 Å². The lowest BCUT2D eigenvalue weighted by Crippen LogP contribution is -2.42. The van der Waals surface area contributed by atoms with E-state index < -0.39 is 5.97 Å². The van der Waals surface area contributed by atoms with Crippen molar-refractivity contribution in [2.45, 2.75) is 58.9 Å². The van der Waals surface area contributed by atoms with Crippen LogP contribution >= 0.6 is 0 Å². The molecule has 3 unspecified atom stereocenters. The maximum atomic E-state index is 11.7. The standard InChI is InChI=1S/C15H28N2O3/c1-10(14(18)19)5-4-6-12(3)17-15(20)16-9-11(2)13-7-8-13/h10-13H,4-9H2,1-3H3,(H,18,19)(H2,16,17,20). The summed E-state index contributed by atoms with van der Waals surface area (Å²) in [5.74, 6) is 0.297. The van der Waals surface area contributed by atoms with Gasteiger partial charge in [-0.25, -0.2) is 4.79 Å². The summed E-state index contributed by atoms with van der Waals surface area (Å²) in [5.41, 5.74) is 0. The van der Waals surface area contributed by atoms with E-state index in [1.165, 1.54) is 12.8 Å². The van der Waals surface area contributed by atoms with Crippen molar-refractivity contribution in [3.05, 3.63) is 0 Å². The fraction of sp³-hybridized carbons (Fsp3) is 0.867.